The molecule has 1 aliphatic heterocycles. The van der Waals surface area contributed by atoms with Crippen molar-refractivity contribution in [1.29, 1.82) is 0 Å². The standard InChI is InChI=1S/C9H12N2O2/c12-7-9(5-1-2-5,6-3-4-6)11-8(13)10-7/h5-6H,1-4H2,(H2,10,11,12,13). The maximum absolute atomic E-state index is 11.7. The van der Waals surface area contributed by atoms with Crippen molar-refractivity contribution in [3.05, 3.63) is 0 Å². The molecule has 3 fully saturated rings. The normalized spacial score (nSPS) is 31.4. The van der Waals surface area contributed by atoms with Crippen molar-refractivity contribution >= 4 is 11.9 Å². The van der Waals surface area contributed by atoms with Crippen LogP contribution in [0.2, 0.25) is 0 Å². The Morgan fingerprint density at radius 1 is 1.08 bits per heavy atom. The summed E-state index contributed by atoms with van der Waals surface area (Å²) in [5.74, 6) is 0.736. The van der Waals surface area contributed by atoms with Crippen molar-refractivity contribution in [3.8, 4) is 0 Å². The molecule has 0 spiro atoms. The van der Waals surface area contributed by atoms with Gasteiger partial charge in [-0.1, -0.05) is 0 Å². The molecule has 0 aromatic carbocycles. The van der Waals surface area contributed by atoms with Crippen LogP contribution in [0.3, 0.4) is 0 Å². The van der Waals surface area contributed by atoms with E-state index in [-0.39, 0.29) is 11.9 Å². The largest absolute Gasteiger partial charge is 0.323 e. The third kappa shape index (κ3) is 0.857. The Morgan fingerprint density at radius 2 is 1.62 bits per heavy atom. The first-order chi connectivity index (χ1) is 6.23. The van der Waals surface area contributed by atoms with Gasteiger partial charge in [-0.3, -0.25) is 10.1 Å². The molecule has 3 aliphatic rings. The fourth-order valence-electron chi connectivity index (χ4n) is 2.47. The first kappa shape index (κ1) is 7.35. The molecule has 3 amide bonds. The van der Waals surface area contributed by atoms with Gasteiger partial charge in [-0.25, -0.2) is 4.79 Å². The predicted molar refractivity (Wildman–Crippen MR) is 44.9 cm³/mol. The van der Waals surface area contributed by atoms with Gasteiger partial charge in [-0.15, -0.1) is 0 Å². The highest BCUT2D eigenvalue weighted by molar-refractivity contribution is 6.07. The van der Waals surface area contributed by atoms with Gasteiger partial charge < -0.3 is 5.32 Å². The average molecular weight is 180 g/mol. The summed E-state index contributed by atoms with van der Waals surface area (Å²) in [5, 5.41) is 5.20. The predicted octanol–water partition coefficient (Wildman–Crippen LogP) is 0.385. The Morgan fingerprint density at radius 3 is 1.92 bits per heavy atom. The summed E-state index contributed by atoms with van der Waals surface area (Å²) in [6, 6.07) is -0.302. The molecule has 0 bridgehead atoms. The second-order valence-corrected chi connectivity index (χ2v) is 4.33. The molecule has 4 nitrogen and oxygen atoms in total. The molecule has 2 aliphatic carbocycles. The van der Waals surface area contributed by atoms with E-state index in [1.54, 1.807) is 0 Å². The van der Waals surface area contributed by atoms with Crippen molar-refractivity contribution in [1.82, 2.24) is 10.6 Å². The van der Waals surface area contributed by atoms with Crippen LogP contribution >= 0.6 is 0 Å². The van der Waals surface area contributed by atoms with Crippen LogP contribution in [0, 0.1) is 11.8 Å². The first-order valence-corrected chi connectivity index (χ1v) is 4.87. The molecule has 1 saturated heterocycles. The first-order valence-electron chi connectivity index (χ1n) is 4.87. The molecule has 3 rings (SSSR count). The number of rotatable bonds is 2. The highest BCUT2D eigenvalue weighted by atomic mass is 16.2. The lowest BCUT2D eigenvalue weighted by molar-refractivity contribution is -0.125. The molecule has 0 aromatic heterocycles. The fourth-order valence-corrected chi connectivity index (χ4v) is 2.47. The zero-order chi connectivity index (χ0) is 9.05. The second kappa shape index (κ2) is 2.05. The third-order valence-electron chi connectivity index (χ3n) is 3.37. The number of hydrogen-bond acceptors (Lipinski definition) is 2. The SMILES string of the molecule is O=C1NC(=O)C(C2CC2)(C2CC2)N1. The van der Waals surface area contributed by atoms with E-state index >= 15 is 0 Å². The lowest BCUT2D eigenvalue weighted by atomic mass is 9.88. The molecular formula is C9H12N2O2. The molecular weight excluding hydrogens is 168 g/mol. The summed E-state index contributed by atoms with van der Waals surface area (Å²) < 4.78 is 0. The van der Waals surface area contributed by atoms with Crippen LogP contribution in [0.25, 0.3) is 0 Å². The smallest absolute Gasteiger partial charge is 0.322 e. The van der Waals surface area contributed by atoms with Crippen LogP contribution in [0.5, 0.6) is 0 Å². The maximum atomic E-state index is 11.7. The topological polar surface area (TPSA) is 58.2 Å². The Bertz CT molecular complexity index is 280. The van der Waals surface area contributed by atoms with E-state index in [0.29, 0.717) is 11.8 Å². The molecule has 2 N–H and O–H groups in total. The number of hydrogen-bond donors (Lipinski definition) is 2. The molecule has 1 heterocycles. The van der Waals surface area contributed by atoms with Gasteiger partial charge in [0.05, 0.1) is 0 Å². The van der Waals surface area contributed by atoms with Gasteiger partial charge >= 0.3 is 6.03 Å². The molecule has 0 radical (unpaired) electrons. The van der Waals surface area contributed by atoms with Crippen molar-refractivity contribution in [3.63, 3.8) is 0 Å². The van der Waals surface area contributed by atoms with Gasteiger partial charge in [0.25, 0.3) is 5.91 Å². The lowest BCUT2D eigenvalue weighted by Gasteiger charge is -2.25. The highest BCUT2D eigenvalue weighted by Crippen LogP contribution is 2.53. The molecule has 0 unspecified atom stereocenters. The number of carbonyl (C=O) groups excluding carboxylic acids is 2. The van der Waals surface area contributed by atoms with Gasteiger partial charge in [0.15, 0.2) is 0 Å². The molecule has 2 saturated carbocycles. The highest BCUT2D eigenvalue weighted by Gasteiger charge is 2.62. The Labute approximate surface area is 76.1 Å². The average Bonchev–Trinajstić information content (AvgIpc) is 2.95. The summed E-state index contributed by atoms with van der Waals surface area (Å²) in [5.41, 5.74) is -0.503. The number of imide groups is 1. The number of urea groups is 1. The van der Waals surface area contributed by atoms with Gasteiger partial charge in [0.2, 0.25) is 0 Å². The van der Waals surface area contributed by atoms with Crippen molar-refractivity contribution < 1.29 is 9.59 Å². The van der Waals surface area contributed by atoms with E-state index < -0.39 is 5.54 Å². The van der Waals surface area contributed by atoms with Crippen LogP contribution in [-0.4, -0.2) is 17.5 Å². The molecule has 70 valence electrons. The minimum absolute atomic E-state index is 0.0810. The summed E-state index contributed by atoms with van der Waals surface area (Å²) in [6.45, 7) is 0. The number of amides is 3. The van der Waals surface area contributed by atoms with Gasteiger partial charge in [-0.05, 0) is 37.5 Å². The fraction of sp³-hybridized carbons (Fsp3) is 0.778. The zero-order valence-electron chi connectivity index (χ0n) is 7.30. The lowest BCUT2D eigenvalue weighted by Crippen LogP contribution is -2.51. The van der Waals surface area contributed by atoms with Gasteiger partial charge in [0.1, 0.15) is 5.54 Å². The van der Waals surface area contributed by atoms with Crippen molar-refractivity contribution in [2.24, 2.45) is 11.8 Å². The third-order valence-corrected chi connectivity index (χ3v) is 3.37. The Hall–Kier alpha value is -1.06. The zero-order valence-corrected chi connectivity index (χ0v) is 7.30. The number of nitrogens with one attached hydrogen (secondary N) is 2. The van der Waals surface area contributed by atoms with E-state index in [0.717, 1.165) is 25.7 Å². The summed E-state index contributed by atoms with van der Waals surface area (Å²) >= 11 is 0. The van der Waals surface area contributed by atoms with Gasteiger partial charge in [0, 0.05) is 0 Å². The van der Waals surface area contributed by atoms with Gasteiger partial charge in [-0.2, -0.15) is 0 Å². The van der Waals surface area contributed by atoms with E-state index in [4.69, 9.17) is 0 Å². The van der Waals surface area contributed by atoms with Crippen LogP contribution in [-0.2, 0) is 4.79 Å². The van der Waals surface area contributed by atoms with E-state index in [9.17, 15) is 9.59 Å². The van der Waals surface area contributed by atoms with E-state index in [2.05, 4.69) is 10.6 Å². The van der Waals surface area contributed by atoms with Crippen LogP contribution in [0.1, 0.15) is 25.7 Å². The van der Waals surface area contributed by atoms with Crippen molar-refractivity contribution in [2.45, 2.75) is 31.2 Å². The quantitative estimate of drug-likeness (QED) is 0.604. The monoisotopic (exact) mass is 180 g/mol. The van der Waals surface area contributed by atoms with Crippen molar-refractivity contribution in [2.75, 3.05) is 0 Å². The summed E-state index contributed by atoms with van der Waals surface area (Å²) in [4.78, 5) is 22.8. The minimum atomic E-state index is -0.503. The Kier molecular flexibility index (Phi) is 1.16. The minimum Gasteiger partial charge on any atom is -0.323 e. The summed E-state index contributed by atoms with van der Waals surface area (Å²) in [7, 11) is 0. The Balaban J connectivity index is 1.97. The molecule has 13 heavy (non-hydrogen) atoms. The van der Waals surface area contributed by atoms with Crippen LogP contribution in [0.15, 0.2) is 0 Å². The molecule has 0 atom stereocenters. The molecule has 0 aromatic rings. The van der Waals surface area contributed by atoms with E-state index in [1.165, 1.54) is 0 Å². The van der Waals surface area contributed by atoms with E-state index in [1.807, 2.05) is 0 Å². The maximum Gasteiger partial charge on any atom is 0.322 e. The molecule has 4 heteroatoms. The summed E-state index contributed by atoms with van der Waals surface area (Å²) in [6.07, 6.45) is 4.35. The van der Waals surface area contributed by atoms with Crippen LogP contribution < -0.4 is 10.6 Å². The second-order valence-electron chi connectivity index (χ2n) is 4.33. The number of carbonyl (C=O) groups is 2. The van der Waals surface area contributed by atoms with Crippen LogP contribution in [0.4, 0.5) is 4.79 Å².